The number of carbonyl (C=O) groups is 2. The van der Waals surface area contributed by atoms with Crippen molar-refractivity contribution in [3.8, 4) is 0 Å². The lowest BCUT2D eigenvalue weighted by molar-refractivity contribution is -0.220. The number of hydrogen-bond donors (Lipinski definition) is 6. The molecule has 0 spiro atoms. The number of hydrogen-bond acceptors (Lipinski definition) is 12. The summed E-state index contributed by atoms with van der Waals surface area (Å²) in [4.78, 5) is 35.7. The van der Waals surface area contributed by atoms with E-state index in [9.17, 15) is 44.6 Å². The van der Waals surface area contributed by atoms with Gasteiger partial charge in [-0.25, -0.2) is 4.57 Å². The third-order valence-corrected chi connectivity index (χ3v) is 12.9. The van der Waals surface area contributed by atoms with Gasteiger partial charge in [0.05, 0.1) is 6.61 Å². The Morgan fingerprint density at radius 1 is 0.443 bits per heavy atom. The maximum Gasteiger partial charge on any atom is 0.472 e. The molecule has 0 aliphatic heterocycles. The lowest BCUT2D eigenvalue weighted by atomic mass is 9.85. The summed E-state index contributed by atoms with van der Waals surface area (Å²) in [6.07, 6.45) is 25.8. The van der Waals surface area contributed by atoms with E-state index in [2.05, 4.69) is 13.8 Å². The molecule has 1 aliphatic rings. The predicted molar refractivity (Wildman–Crippen MR) is 240 cm³/mol. The smallest absolute Gasteiger partial charge is 0.462 e. The monoisotopic (exact) mass is 895 g/mol. The number of unbranched alkanes of at least 4 members (excludes halogenated alkanes) is 30. The molecule has 1 rings (SSSR count). The van der Waals surface area contributed by atoms with Crippen molar-refractivity contribution in [2.75, 3.05) is 13.2 Å². The lowest BCUT2D eigenvalue weighted by Crippen LogP contribution is -2.64. The Bertz CT molecular complexity index is 1080. The second-order valence-electron chi connectivity index (χ2n) is 17.7. The van der Waals surface area contributed by atoms with Crippen LogP contribution in [0.5, 0.6) is 0 Å². The molecule has 0 aromatic carbocycles. The van der Waals surface area contributed by atoms with Crippen molar-refractivity contribution < 1.29 is 63.1 Å². The van der Waals surface area contributed by atoms with Gasteiger partial charge in [0.2, 0.25) is 0 Å². The van der Waals surface area contributed by atoms with Gasteiger partial charge in [-0.15, -0.1) is 0 Å². The van der Waals surface area contributed by atoms with Gasteiger partial charge in [0.15, 0.2) is 6.10 Å². The summed E-state index contributed by atoms with van der Waals surface area (Å²) in [5.41, 5.74) is 0. The van der Waals surface area contributed by atoms with Crippen LogP contribution in [0.15, 0.2) is 0 Å². The molecule has 13 nitrogen and oxygen atoms in total. The molecule has 0 saturated heterocycles. The Hall–Kier alpha value is -1.15. The molecule has 6 unspecified atom stereocenters. The average molecular weight is 895 g/mol. The van der Waals surface area contributed by atoms with E-state index in [4.69, 9.17) is 18.5 Å². The number of aliphatic hydroxyl groups is 5. The summed E-state index contributed by atoms with van der Waals surface area (Å²) < 4.78 is 33.6. The Morgan fingerprint density at radius 2 is 0.738 bits per heavy atom. The fraction of sp³-hybridized carbons (Fsp3) is 0.957. The van der Waals surface area contributed by atoms with E-state index in [1.165, 1.54) is 154 Å². The predicted octanol–water partition coefficient (Wildman–Crippen LogP) is 10.1. The summed E-state index contributed by atoms with van der Waals surface area (Å²) in [6.45, 7) is 3.34. The van der Waals surface area contributed by atoms with Gasteiger partial charge in [0, 0.05) is 12.8 Å². The van der Waals surface area contributed by atoms with Crippen LogP contribution in [-0.4, -0.2) is 98.3 Å². The summed E-state index contributed by atoms with van der Waals surface area (Å²) in [5.74, 6) is -1.08. The average Bonchev–Trinajstić information content (AvgIpc) is 3.24. The van der Waals surface area contributed by atoms with Gasteiger partial charge in [-0.05, 0) is 12.8 Å². The van der Waals surface area contributed by atoms with E-state index in [0.717, 1.165) is 38.5 Å². The molecule has 1 aliphatic carbocycles. The molecule has 6 N–H and O–H groups in total. The molecule has 362 valence electrons. The molecule has 0 heterocycles. The van der Waals surface area contributed by atoms with Crippen molar-refractivity contribution in [2.45, 2.75) is 275 Å². The Morgan fingerprint density at radius 3 is 1.08 bits per heavy atom. The number of rotatable bonds is 42. The van der Waals surface area contributed by atoms with Gasteiger partial charge in [-0.2, -0.15) is 0 Å². The normalized spacial score (nSPS) is 21.9. The Kier molecular flexibility index (Phi) is 36.2. The minimum Gasteiger partial charge on any atom is -0.462 e. The van der Waals surface area contributed by atoms with Crippen molar-refractivity contribution in [3.63, 3.8) is 0 Å². The van der Waals surface area contributed by atoms with E-state index in [0.29, 0.717) is 12.8 Å². The number of aliphatic hydroxyl groups excluding tert-OH is 5. The van der Waals surface area contributed by atoms with Gasteiger partial charge in [-0.1, -0.05) is 206 Å². The zero-order valence-corrected chi connectivity index (χ0v) is 39.4. The minimum absolute atomic E-state index is 0.105. The maximum atomic E-state index is 12.8. The first kappa shape index (κ1) is 57.9. The van der Waals surface area contributed by atoms with Gasteiger partial charge >= 0.3 is 19.8 Å². The summed E-state index contributed by atoms with van der Waals surface area (Å²) in [5, 5.41) is 50.2. The van der Waals surface area contributed by atoms with Crippen LogP contribution in [0, 0.1) is 0 Å². The SMILES string of the molecule is CCCCCCCCCCCCCCCCCCCCC(=O)OC[C@@H](COP(=O)(O)OC1C(O)C(O)C(O)[C@H](O)C1O)OC(=O)CCCCCCCCCCCCCCCC. The van der Waals surface area contributed by atoms with Crippen LogP contribution in [0.3, 0.4) is 0 Å². The molecule has 1 saturated carbocycles. The zero-order valence-electron chi connectivity index (χ0n) is 38.5. The molecular formula is C47H91O13P. The van der Waals surface area contributed by atoms with Crippen LogP contribution >= 0.6 is 7.82 Å². The van der Waals surface area contributed by atoms with E-state index < -0.39 is 75.7 Å². The standard InChI is InChI=1S/C47H91O13P/c1-3-5-7-9-11-13-15-17-19-20-21-22-24-25-27-29-31-33-35-40(48)57-37-39(38-58-61(55,56)60-47-45(53)43(51)42(50)44(52)46(47)54)59-41(49)36-34-32-30-28-26-23-18-16-14-12-10-8-6-4-2/h39,42-47,50-54H,3-38H2,1-2H3,(H,55,56)/t39-,42?,43-,44?,45?,46?,47?/m0/s1. The van der Waals surface area contributed by atoms with Crippen LogP contribution in [0.4, 0.5) is 0 Å². The van der Waals surface area contributed by atoms with Crippen LogP contribution in [-0.2, 0) is 32.7 Å². The highest BCUT2D eigenvalue weighted by Crippen LogP contribution is 2.47. The first-order valence-electron chi connectivity index (χ1n) is 24.8. The van der Waals surface area contributed by atoms with E-state index in [1.54, 1.807) is 0 Å². The van der Waals surface area contributed by atoms with Crippen LogP contribution in [0.25, 0.3) is 0 Å². The first-order chi connectivity index (χ1) is 29.4. The largest absolute Gasteiger partial charge is 0.472 e. The molecule has 1 fully saturated rings. The van der Waals surface area contributed by atoms with E-state index >= 15 is 0 Å². The van der Waals surface area contributed by atoms with Gasteiger partial charge < -0.3 is 39.9 Å². The molecule has 0 radical (unpaired) electrons. The van der Waals surface area contributed by atoms with Crippen molar-refractivity contribution >= 4 is 19.8 Å². The van der Waals surface area contributed by atoms with Gasteiger partial charge in [0.25, 0.3) is 0 Å². The number of ether oxygens (including phenoxy) is 2. The highest BCUT2D eigenvalue weighted by Gasteiger charge is 2.51. The molecular weight excluding hydrogens is 803 g/mol. The fourth-order valence-electron chi connectivity index (χ4n) is 7.94. The summed E-state index contributed by atoms with van der Waals surface area (Å²) >= 11 is 0. The third kappa shape index (κ3) is 30.6. The fourth-order valence-corrected chi connectivity index (χ4v) is 8.91. The highest BCUT2D eigenvalue weighted by molar-refractivity contribution is 7.47. The number of carbonyl (C=O) groups excluding carboxylic acids is 2. The highest BCUT2D eigenvalue weighted by atomic mass is 31.2. The summed E-state index contributed by atoms with van der Waals surface area (Å²) in [6, 6.07) is 0. The maximum absolute atomic E-state index is 12.8. The van der Waals surface area contributed by atoms with Crippen molar-refractivity contribution in [1.82, 2.24) is 0 Å². The van der Waals surface area contributed by atoms with Crippen LogP contribution < -0.4 is 0 Å². The Labute approximate surface area is 370 Å². The molecule has 14 heteroatoms. The lowest BCUT2D eigenvalue weighted by Gasteiger charge is -2.41. The first-order valence-corrected chi connectivity index (χ1v) is 26.3. The van der Waals surface area contributed by atoms with E-state index in [1.807, 2.05) is 0 Å². The van der Waals surface area contributed by atoms with Crippen molar-refractivity contribution in [2.24, 2.45) is 0 Å². The van der Waals surface area contributed by atoms with Crippen molar-refractivity contribution in [3.05, 3.63) is 0 Å². The van der Waals surface area contributed by atoms with Crippen molar-refractivity contribution in [1.29, 1.82) is 0 Å². The topological polar surface area (TPSA) is 210 Å². The third-order valence-electron chi connectivity index (χ3n) is 11.9. The molecule has 61 heavy (non-hydrogen) atoms. The quantitative estimate of drug-likeness (QED) is 0.0192. The molecule has 8 atom stereocenters. The van der Waals surface area contributed by atoms with E-state index in [-0.39, 0.29) is 12.8 Å². The second-order valence-corrected chi connectivity index (χ2v) is 19.1. The molecule has 0 aromatic heterocycles. The number of phosphoric acid groups is 1. The molecule has 0 aromatic rings. The Balaban J connectivity index is 2.39. The number of phosphoric ester groups is 1. The minimum atomic E-state index is -5.11. The molecule has 0 bridgehead atoms. The molecule has 0 amide bonds. The van der Waals surface area contributed by atoms with Crippen LogP contribution in [0.1, 0.15) is 232 Å². The zero-order chi connectivity index (χ0) is 45.0. The second kappa shape index (κ2) is 38.2. The summed E-state index contributed by atoms with van der Waals surface area (Å²) in [7, 11) is -5.11. The van der Waals surface area contributed by atoms with Crippen LogP contribution in [0.2, 0.25) is 0 Å². The number of esters is 2. The van der Waals surface area contributed by atoms with Gasteiger partial charge in [0.1, 0.15) is 43.2 Å². The van der Waals surface area contributed by atoms with Gasteiger partial charge in [-0.3, -0.25) is 18.6 Å².